The van der Waals surface area contributed by atoms with Crippen LogP contribution in [0.3, 0.4) is 0 Å². The summed E-state index contributed by atoms with van der Waals surface area (Å²) in [5.41, 5.74) is 1.21. The Bertz CT molecular complexity index is 317. The van der Waals surface area contributed by atoms with E-state index in [0.29, 0.717) is 0 Å². The maximum atomic E-state index is 3.80. The van der Waals surface area contributed by atoms with E-state index in [2.05, 4.69) is 25.7 Å². The van der Waals surface area contributed by atoms with Gasteiger partial charge in [0.05, 0.1) is 0 Å². The third-order valence-corrected chi connectivity index (χ3v) is 9.03. The first kappa shape index (κ1) is 18.0. The van der Waals surface area contributed by atoms with Crippen LogP contribution in [0.2, 0.25) is 11.6 Å². The fourth-order valence-electron chi connectivity index (χ4n) is 4.75. The molecule has 2 fully saturated rings. The van der Waals surface area contributed by atoms with Crippen molar-refractivity contribution in [2.75, 3.05) is 0 Å². The molecule has 1 heteroatoms. The van der Waals surface area contributed by atoms with Gasteiger partial charge in [-0.15, -0.1) is 6.58 Å². The van der Waals surface area contributed by atoms with Gasteiger partial charge in [-0.2, -0.15) is 0 Å². The third kappa shape index (κ3) is 6.06. The second-order valence-corrected chi connectivity index (χ2v) is 10.3. The number of hydrogen-bond donors (Lipinski definition) is 0. The van der Waals surface area contributed by atoms with Gasteiger partial charge >= 0.3 is 0 Å². The zero-order valence-electron chi connectivity index (χ0n) is 14.9. The highest BCUT2D eigenvalue weighted by molar-refractivity contribution is 6.37. The average Bonchev–Trinajstić information content (AvgIpc) is 2.58. The van der Waals surface area contributed by atoms with Crippen molar-refractivity contribution in [3.05, 3.63) is 24.8 Å². The summed E-state index contributed by atoms with van der Waals surface area (Å²) in [4.78, 5) is 0. The van der Waals surface area contributed by atoms with Crippen LogP contribution < -0.4 is 0 Å². The van der Waals surface area contributed by atoms with Gasteiger partial charge in [0.1, 0.15) is 0 Å². The lowest BCUT2D eigenvalue weighted by Gasteiger charge is -2.37. The highest BCUT2D eigenvalue weighted by Crippen LogP contribution is 2.43. The first-order chi connectivity index (χ1) is 10.8. The number of allylic oxidation sites excluding steroid dienone is 3. The Hall–Kier alpha value is -0.303. The van der Waals surface area contributed by atoms with Crippen molar-refractivity contribution in [3.8, 4) is 0 Å². The van der Waals surface area contributed by atoms with Crippen molar-refractivity contribution in [2.24, 2.45) is 17.8 Å². The van der Waals surface area contributed by atoms with E-state index >= 15 is 0 Å². The number of rotatable bonds is 8. The molecule has 0 aromatic heterocycles. The molecule has 2 saturated carbocycles. The van der Waals surface area contributed by atoms with Gasteiger partial charge in [-0.3, -0.25) is 0 Å². The first-order valence-electron chi connectivity index (χ1n) is 10.1. The molecule has 22 heavy (non-hydrogen) atoms. The molecule has 0 spiro atoms. The molecule has 0 N–H and O–H groups in total. The Labute approximate surface area is 141 Å². The minimum atomic E-state index is 0.276. The van der Waals surface area contributed by atoms with E-state index < -0.39 is 0 Å². The predicted octanol–water partition coefficient (Wildman–Crippen LogP) is 6.29. The van der Waals surface area contributed by atoms with E-state index in [9.17, 15) is 0 Å². The minimum absolute atomic E-state index is 0.276. The molecule has 0 nitrogen and oxygen atoms in total. The lowest BCUT2D eigenvalue weighted by atomic mass is 9.71. The van der Waals surface area contributed by atoms with Crippen LogP contribution in [0.5, 0.6) is 0 Å². The van der Waals surface area contributed by atoms with Crippen LogP contribution in [0.15, 0.2) is 24.8 Å². The lowest BCUT2D eigenvalue weighted by molar-refractivity contribution is 0.180. The van der Waals surface area contributed by atoms with Crippen LogP contribution in [-0.4, -0.2) is 9.52 Å². The predicted molar refractivity (Wildman–Crippen MR) is 103 cm³/mol. The van der Waals surface area contributed by atoms with Crippen molar-refractivity contribution < 1.29 is 0 Å². The maximum absolute atomic E-state index is 3.80. The van der Waals surface area contributed by atoms with Crippen molar-refractivity contribution >= 4 is 9.52 Å². The molecule has 2 rings (SSSR count). The summed E-state index contributed by atoms with van der Waals surface area (Å²) in [5, 5.41) is 0. The Morgan fingerprint density at radius 3 is 2.14 bits per heavy atom. The number of hydrogen-bond acceptors (Lipinski definition) is 0. The molecule has 0 saturated heterocycles. The van der Waals surface area contributed by atoms with Crippen LogP contribution in [0, 0.1) is 17.8 Å². The molecular weight excluding hydrogens is 280 g/mol. The summed E-state index contributed by atoms with van der Waals surface area (Å²) in [6.07, 6.45) is 23.0. The van der Waals surface area contributed by atoms with E-state index in [1.807, 2.05) is 6.08 Å². The first-order valence-corrected chi connectivity index (χ1v) is 11.9. The molecule has 0 amide bonds. The van der Waals surface area contributed by atoms with Crippen LogP contribution in [0.1, 0.15) is 77.6 Å². The van der Waals surface area contributed by atoms with Gasteiger partial charge in [-0.1, -0.05) is 68.8 Å². The van der Waals surface area contributed by atoms with Gasteiger partial charge in [0.15, 0.2) is 0 Å². The van der Waals surface area contributed by atoms with Crippen molar-refractivity contribution in [1.29, 1.82) is 0 Å². The van der Waals surface area contributed by atoms with Crippen molar-refractivity contribution in [1.82, 2.24) is 0 Å². The van der Waals surface area contributed by atoms with Crippen LogP contribution in [0.4, 0.5) is 0 Å². The quantitative estimate of drug-likeness (QED) is 0.280. The monoisotopic (exact) mass is 318 g/mol. The largest absolute Gasteiger partial charge is 0.103 e. The number of unbranched alkanes of at least 4 members (excludes halogenated alkanes) is 1. The summed E-state index contributed by atoms with van der Waals surface area (Å²) in [5.74, 6) is 3.05. The van der Waals surface area contributed by atoms with Crippen LogP contribution >= 0.6 is 0 Å². The molecule has 0 heterocycles. The molecule has 2 aliphatic rings. The molecule has 0 bridgehead atoms. The van der Waals surface area contributed by atoms with Crippen LogP contribution in [-0.2, 0) is 0 Å². The summed E-state index contributed by atoms with van der Waals surface area (Å²) in [6, 6.07) is 1.60. The zero-order chi connectivity index (χ0) is 15.6. The average molecular weight is 319 g/mol. The molecule has 2 aliphatic carbocycles. The highest BCUT2D eigenvalue weighted by atomic mass is 28.2. The van der Waals surface area contributed by atoms with Gasteiger partial charge in [0.2, 0.25) is 0 Å². The Kier molecular flexibility index (Phi) is 8.58. The highest BCUT2D eigenvalue weighted by Gasteiger charge is 2.30. The fourth-order valence-corrected chi connectivity index (χ4v) is 6.79. The van der Waals surface area contributed by atoms with Gasteiger partial charge < -0.3 is 0 Å². The third-order valence-electron chi connectivity index (χ3n) is 6.29. The van der Waals surface area contributed by atoms with Gasteiger partial charge in [0, 0.05) is 9.52 Å². The Morgan fingerprint density at radius 2 is 1.55 bits per heavy atom. The molecule has 126 valence electrons. The maximum Gasteiger partial charge on any atom is 0.0231 e. The van der Waals surface area contributed by atoms with E-state index in [1.165, 1.54) is 44.1 Å². The normalized spacial score (nSPS) is 33.7. The summed E-state index contributed by atoms with van der Waals surface area (Å²) in [7, 11) is 0.276. The Balaban J connectivity index is 1.63. The van der Waals surface area contributed by atoms with Crippen molar-refractivity contribution in [3.63, 3.8) is 0 Å². The molecule has 0 aromatic rings. The summed E-state index contributed by atoms with van der Waals surface area (Å²) in [6.45, 7) is 6.16. The Morgan fingerprint density at radius 1 is 0.909 bits per heavy atom. The molecule has 0 atom stereocenters. The minimum Gasteiger partial charge on any atom is -0.103 e. The van der Waals surface area contributed by atoms with Gasteiger partial charge in [0.25, 0.3) is 0 Å². The van der Waals surface area contributed by atoms with Crippen molar-refractivity contribution in [2.45, 2.75) is 89.1 Å². The van der Waals surface area contributed by atoms with E-state index in [4.69, 9.17) is 0 Å². The molecule has 0 aliphatic heterocycles. The van der Waals surface area contributed by atoms with Gasteiger partial charge in [-0.25, -0.2) is 0 Å². The topological polar surface area (TPSA) is 0 Å². The second kappa shape index (κ2) is 10.5. The zero-order valence-corrected chi connectivity index (χ0v) is 16.4. The van der Waals surface area contributed by atoms with E-state index in [-0.39, 0.29) is 9.52 Å². The molecule has 0 aromatic carbocycles. The molecule has 0 unspecified atom stereocenters. The standard InChI is InChI=1S/C21H38Si/c1-3-5-6-7-8-18-9-11-19(12-10-18)20-13-15-21(16-14-20)22-17-4-2/h3,7-8,18-21H,1,4-6,9-17,22H2,2H3/b8-7+/t18-,19-,20-,21-. The lowest BCUT2D eigenvalue weighted by Crippen LogP contribution is -2.25. The van der Waals surface area contributed by atoms with Crippen LogP contribution in [0.25, 0.3) is 0 Å². The summed E-state index contributed by atoms with van der Waals surface area (Å²) < 4.78 is 0. The second-order valence-electron chi connectivity index (χ2n) is 7.89. The van der Waals surface area contributed by atoms with E-state index in [0.717, 1.165) is 24.2 Å². The molecule has 0 radical (unpaired) electrons. The fraction of sp³-hybridized carbons (Fsp3) is 0.810. The van der Waals surface area contributed by atoms with E-state index in [1.54, 1.807) is 31.7 Å². The smallest absolute Gasteiger partial charge is 0.0231 e. The SMILES string of the molecule is C=CCC/C=C/[C@H]1CC[C@H]([C@H]2CC[C@H]([SiH2]CCC)CC2)CC1. The summed E-state index contributed by atoms with van der Waals surface area (Å²) >= 11 is 0. The molecular formula is C21H38Si. The van der Waals surface area contributed by atoms with Gasteiger partial charge in [-0.05, 0) is 56.3 Å².